The number of nitrogens with zero attached hydrogens (tertiary/aromatic N) is 1. The summed E-state index contributed by atoms with van der Waals surface area (Å²) in [5.74, 6) is 1.04. The third-order valence-electron chi connectivity index (χ3n) is 2.67. The molecule has 1 fully saturated rings. The molecule has 1 saturated carbocycles. The van der Waals surface area contributed by atoms with Crippen molar-refractivity contribution < 1.29 is 4.79 Å². The number of aliphatic imine (C=N–C) groups is 1. The van der Waals surface area contributed by atoms with Gasteiger partial charge in [-0.25, -0.2) is 4.79 Å². The van der Waals surface area contributed by atoms with Gasteiger partial charge in [-0.05, 0) is 30.2 Å². The van der Waals surface area contributed by atoms with Crippen LogP contribution in [0.25, 0.3) is 0 Å². The van der Waals surface area contributed by atoms with Crippen molar-refractivity contribution in [2.24, 2.45) is 4.99 Å². The first-order chi connectivity index (χ1) is 7.32. The number of carbonyl (C=O) groups excluding carboxylic acids is 1. The molecule has 2 nitrogen and oxygen atoms in total. The van der Waals surface area contributed by atoms with Gasteiger partial charge in [-0.1, -0.05) is 25.1 Å². The van der Waals surface area contributed by atoms with E-state index in [0.717, 1.165) is 18.6 Å². The Hall–Kier alpha value is -1.05. The van der Waals surface area contributed by atoms with E-state index in [-0.39, 0.29) is 5.54 Å². The van der Waals surface area contributed by atoms with E-state index >= 15 is 0 Å². The molecule has 0 saturated heterocycles. The maximum Gasteiger partial charge on any atom is 0.235 e. The van der Waals surface area contributed by atoms with Gasteiger partial charge in [0.25, 0.3) is 0 Å². The summed E-state index contributed by atoms with van der Waals surface area (Å²) in [5, 5.41) is 0. The van der Waals surface area contributed by atoms with Crippen molar-refractivity contribution in [2.75, 3.05) is 5.75 Å². The third kappa shape index (κ3) is 1.99. The van der Waals surface area contributed by atoms with Crippen LogP contribution in [0.15, 0.2) is 34.2 Å². The molecule has 1 aliphatic rings. The molecule has 0 spiro atoms. The highest BCUT2D eigenvalue weighted by Crippen LogP contribution is 2.51. The van der Waals surface area contributed by atoms with Crippen LogP contribution in [-0.4, -0.2) is 11.8 Å². The zero-order valence-electron chi connectivity index (χ0n) is 8.69. The number of benzene rings is 1. The van der Waals surface area contributed by atoms with Crippen LogP contribution >= 0.6 is 11.8 Å². The quantitative estimate of drug-likeness (QED) is 0.442. The molecule has 3 heteroatoms. The van der Waals surface area contributed by atoms with E-state index in [4.69, 9.17) is 0 Å². The first-order valence-electron chi connectivity index (χ1n) is 5.14. The molecule has 0 radical (unpaired) electrons. The lowest BCUT2D eigenvalue weighted by molar-refractivity contribution is 0.555. The van der Waals surface area contributed by atoms with Crippen LogP contribution in [0.3, 0.4) is 0 Å². The monoisotopic (exact) mass is 219 g/mol. The minimum absolute atomic E-state index is 0.236. The molecule has 0 amide bonds. The Morgan fingerprint density at radius 1 is 1.47 bits per heavy atom. The average molecular weight is 219 g/mol. The molecule has 1 aromatic carbocycles. The Morgan fingerprint density at radius 3 is 2.80 bits per heavy atom. The predicted molar refractivity (Wildman–Crippen MR) is 61.9 cm³/mol. The molecule has 0 bridgehead atoms. The largest absolute Gasteiger partial charge is 0.235 e. The number of thioether (sulfide) groups is 1. The second-order valence-corrected chi connectivity index (χ2v) is 4.97. The summed E-state index contributed by atoms with van der Waals surface area (Å²) in [6.07, 6.45) is 3.66. The van der Waals surface area contributed by atoms with Crippen molar-refractivity contribution in [2.45, 2.75) is 30.2 Å². The number of rotatable bonds is 4. The molecule has 0 aromatic heterocycles. The average Bonchev–Trinajstić information content (AvgIpc) is 3.01. The number of hydrogen-bond donors (Lipinski definition) is 0. The highest BCUT2D eigenvalue weighted by molar-refractivity contribution is 7.99. The van der Waals surface area contributed by atoms with E-state index in [0.29, 0.717) is 0 Å². The Labute approximate surface area is 93.8 Å². The second kappa shape index (κ2) is 4.21. The Bertz CT molecular complexity index is 406. The molecule has 0 heterocycles. The molecule has 78 valence electrons. The summed E-state index contributed by atoms with van der Waals surface area (Å²) in [7, 11) is 0. The minimum Gasteiger partial charge on any atom is -0.211 e. The predicted octanol–water partition coefficient (Wildman–Crippen LogP) is 3.12. The smallest absolute Gasteiger partial charge is 0.211 e. The molecule has 15 heavy (non-hydrogen) atoms. The van der Waals surface area contributed by atoms with Crippen LogP contribution < -0.4 is 0 Å². The molecular weight excluding hydrogens is 206 g/mol. The maximum atomic E-state index is 10.4. The van der Waals surface area contributed by atoms with Gasteiger partial charge in [-0.15, -0.1) is 11.8 Å². The molecule has 0 unspecified atom stereocenters. The lowest BCUT2D eigenvalue weighted by Gasteiger charge is -2.12. The van der Waals surface area contributed by atoms with Gasteiger partial charge in [0, 0.05) is 4.90 Å². The minimum atomic E-state index is -0.236. The van der Waals surface area contributed by atoms with Gasteiger partial charge >= 0.3 is 0 Å². The fourth-order valence-electron chi connectivity index (χ4n) is 1.78. The van der Waals surface area contributed by atoms with E-state index < -0.39 is 0 Å². The lowest BCUT2D eigenvalue weighted by atomic mass is 10.1. The Morgan fingerprint density at radius 2 is 2.20 bits per heavy atom. The first-order valence-corrected chi connectivity index (χ1v) is 6.12. The van der Waals surface area contributed by atoms with Gasteiger partial charge in [0.1, 0.15) is 0 Å². The van der Waals surface area contributed by atoms with Crippen LogP contribution in [0, 0.1) is 0 Å². The zero-order valence-corrected chi connectivity index (χ0v) is 9.51. The maximum absolute atomic E-state index is 10.4. The summed E-state index contributed by atoms with van der Waals surface area (Å²) in [6.45, 7) is 2.13. The Kier molecular flexibility index (Phi) is 2.94. The molecule has 1 aliphatic carbocycles. The summed E-state index contributed by atoms with van der Waals surface area (Å²) < 4.78 is 0. The standard InChI is InChI=1S/C12H13NOS/c1-2-15-11-6-4-3-5-10(11)12(7-8-12)13-9-14/h3-6H,2,7-8H2,1H3. The molecule has 0 N–H and O–H groups in total. The van der Waals surface area contributed by atoms with E-state index in [2.05, 4.69) is 24.0 Å². The van der Waals surface area contributed by atoms with Crippen molar-refractivity contribution in [1.82, 2.24) is 0 Å². The topological polar surface area (TPSA) is 29.4 Å². The summed E-state index contributed by atoms with van der Waals surface area (Å²) >= 11 is 1.80. The van der Waals surface area contributed by atoms with Crippen molar-refractivity contribution in [3.05, 3.63) is 29.8 Å². The fourth-order valence-corrected chi connectivity index (χ4v) is 2.68. The lowest BCUT2D eigenvalue weighted by Crippen LogP contribution is -2.03. The second-order valence-electron chi connectivity index (χ2n) is 3.66. The van der Waals surface area contributed by atoms with Crippen LogP contribution in [0.1, 0.15) is 25.3 Å². The van der Waals surface area contributed by atoms with Gasteiger partial charge in [-0.2, -0.15) is 4.99 Å². The molecule has 0 atom stereocenters. The highest BCUT2D eigenvalue weighted by Gasteiger charge is 2.46. The van der Waals surface area contributed by atoms with Crippen molar-refractivity contribution in [3.8, 4) is 0 Å². The van der Waals surface area contributed by atoms with Gasteiger partial charge in [0.15, 0.2) is 0 Å². The van der Waals surface area contributed by atoms with Crippen molar-refractivity contribution >= 4 is 17.8 Å². The van der Waals surface area contributed by atoms with Gasteiger partial charge in [0.05, 0.1) is 5.54 Å². The zero-order chi connectivity index (χ0) is 10.7. The van der Waals surface area contributed by atoms with E-state index in [1.54, 1.807) is 17.8 Å². The van der Waals surface area contributed by atoms with E-state index in [1.807, 2.05) is 12.1 Å². The molecule has 1 aromatic rings. The van der Waals surface area contributed by atoms with Gasteiger partial charge in [-0.3, -0.25) is 0 Å². The van der Waals surface area contributed by atoms with E-state index in [1.165, 1.54) is 10.5 Å². The summed E-state index contributed by atoms with van der Waals surface area (Å²) in [5.41, 5.74) is 0.959. The van der Waals surface area contributed by atoms with Gasteiger partial charge < -0.3 is 0 Å². The van der Waals surface area contributed by atoms with Crippen molar-refractivity contribution in [3.63, 3.8) is 0 Å². The molecule has 2 rings (SSSR count). The number of isocyanates is 1. The normalized spacial score (nSPS) is 16.9. The van der Waals surface area contributed by atoms with Crippen LogP contribution in [0.4, 0.5) is 0 Å². The number of hydrogen-bond acceptors (Lipinski definition) is 3. The first kappa shape index (κ1) is 10.5. The highest BCUT2D eigenvalue weighted by atomic mass is 32.2. The van der Waals surface area contributed by atoms with Crippen LogP contribution in [-0.2, 0) is 10.3 Å². The van der Waals surface area contributed by atoms with E-state index in [9.17, 15) is 4.79 Å². The SMILES string of the molecule is CCSc1ccccc1C1(N=C=O)CC1. The third-order valence-corrected chi connectivity index (χ3v) is 3.63. The molecular formula is C12H13NOS. The molecule has 0 aliphatic heterocycles. The summed E-state index contributed by atoms with van der Waals surface area (Å²) in [4.78, 5) is 15.6. The van der Waals surface area contributed by atoms with Crippen LogP contribution in [0.2, 0.25) is 0 Å². The fraction of sp³-hybridized carbons (Fsp3) is 0.417. The Balaban J connectivity index is 2.39. The van der Waals surface area contributed by atoms with Crippen LogP contribution in [0.5, 0.6) is 0 Å². The summed E-state index contributed by atoms with van der Waals surface area (Å²) in [6, 6.07) is 8.22. The van der Waals surface area contributed by atoms with Gasteiger partial charge in [0.2, 0.25) is 6.08 Å². The van der Waals surface area contributed by atoms with Crippen molar-refractivity contribution in [1.29, 1.82) is 0 Å².